The first kappa shape index (κ1) is 18.2. The minimum atomic E-state index is -0.860. The fourth-order valence-electron chi connectivity index (χ4n) is 2.78. The number of hydrogen-bond donors (Lipinski definition) is 2. The van der Waals surface area contributed by atoms with Crippen molar-refractivity contribution in [2.75, 3.05) is 0 Å². The highest BCUT2D eigenvalue weighted by Gasteiger charge is 2.17. The lowest BCUT2D eigenvalue weighted by molar-refractivity contribution is -0.137. The van der Waals surface area contributed by atoms with Crippen LogP contribution in [-0.2, 0) is 11.2 Å². The zero-order valence-corrected chi connectivity index (χ0v) is 14.7. The predicted octanol–water partition coefficient (Wildman–Crippen LogP) is 5.11. The molecule has 0 aromatic heterocycles. The Morgan fingerprint density at radius 2 is 1.88 bits per heavy atom. The van der Waals surface area contributed by atoms with E-state index >= 15 is 0 Å². The van der Waals surface area contributed by atoms with Gasteiger partial charge in [-0.3, -0.25) is 4.79 Å². The van der Waals surface area contributed by atoms with E-state index in [2.05, 4.69) is 0 Å². The number of aryl methyl sites for hydroxylation is 1. The van der Waals surface area contributed by atoms with Gasteiger partial charge in [-0.1, -0.05) is 48.9 Å². The lowest BCUT2D eigenvalue weighted by atomic mass is 9.90. The number of hydrogen-bond acceptors (Lipinski definition) is 2. The summed E-state index contributed by atoms with van der Waals surface area (Å²) < 4.78 is 0. The van der Waals surface area contributed by atoms with Crippen LogP contribution in [0, 0.1) is 18.3 Å². The van der Waals surface area contributed by atoms with Crippen LogP contribution in [0.4, 0.5) is 0 Å². The molecular weight excluding hydrogens is 322 g/mol. The van der Waals surface area contributed by atoms with Gasteiger partial charge in [-0.2, -0.15) is 0 Å². The summed E-state index contributed by atoms with van der Waals surface area (Å²) in [7, 11) is 0. The van der Waals surface area contributed by atoms with Gasteiger partial charge in [-0.05, 0) is 54.2 Å². The van der Waals surface area contributed by atoms with Crippen molar-refractivity contribution in [3.05, 3.63) is 69.7 Å². The second kappa shape index (κ2) is 8.11. The molecule has 0 radical (unpaired) electrons. The SMILES string of the molecule is CCC(CC(=O)O)C(=N)c1ccc(Cc2ccc(Cl)cc2C)cc1. The van der Waals surface area contributed by atoms with Crippen LogP contribution in [-0.4, -0.2) is 16.8 Å². The molecule has 2 N–H and O–H groups in total. The molecule has 3 nitrogen and oxygen atoms in total. The van der Waals surface area contributed by atoms with Crippen molar-refractivity contribution >= 4 is 23.3 Å². The van der Waals surface area contributed by atoms with E-state index in [9.17, 15) is 4.79 Å². The maximum Gasteiger partial charge on any atom is 0.304 e. The van der Waals surface area contributed by atoms with E-state index < -0.39 is 5.97 Å². The summed E-state index contributed by atoms with van der Waals surface area (Å²) in [4.78, 5) is 10.9. The average Bonchev–Trinajstić information content (AvgIpc) is 2.55. The smallest absolute Gasteiger partial charge is 0.304 e. The second-order valence-electron chi connectivity index (χ2n) is 6.06. The number of carbonyl (C=O) groups is 1. The third-order valence-corrected chi connectivity index (χ3v) is 4.52. The van der Waals surface area contributed by atoms with E-state index in [1.807, 2.05) is 56.3 Å². The summed E-state index contributed by atoms with van der Waals surface area (Å²) in [6.45, 7) is 3.96. The third kappa shape index (κ3) is 4.68. The van der Waals surface area contributed by atoms with Gasteiger partial charge in [-0.25, -0.2) is 0 Å². The molecule has 0 heterocycles. The van der Waals surface area contributed by atoms with Gasteiger partial charge in [-0.15, -0.1) is 0 Å². The molecule has 0 saturated heterocycles. The first-order chi connectivity index (χ1) is 11.4. The average molecular weight is 344 g/mol. The molecule has 0 aliphatic heterocycles. The lowest BCUT2D eigenvalue weighted by Gasteiger charge is -2.15. The summed E-state index contributed by atoms with van der Waals surface area (Å²) in [6, 6.07) is 13.7. The first-order valence-electron chi connectivity index (χ1n) is 8.05. The Hall–Kier alpha value is -2.13. The van der Waals surface area contributed by atoms with Gasteiger partial charge in [0, 0.05) is 16.7 Å². The van der Waals surface area contributed by atoms with Crippen LogP contribution >= 0.6 is 11.6 Å². The molecule has 24 heavy (non-hydrogen) atoms. The van der Waals surface area contributed by atoms with Gasteiger partial charge >= 0.3 is 5.97 Å². The van der Waals surface area contributed by atoms with Crippen molar-refractivity contribution in [1.82, 2.24) is 0 Å². The Morgan fingerprint density at radius 3 is 2.42 bits per heavy atom. The van der Waals surface area contributed by atoms with Gasteiger partial charge in [0.05, 0.1) is 6.42 Å². The molecule has 1 unspecified atom stereocenters. The van der Waals surface area contributed by atoms with Crippen LogP contribution in [0.15, 0.2) is 42.5 Å². The summed E-state index contributed by atoms with van der Waals surface area (Å²) in [6.07, 6.45) is 1.46. The van der Waals surface area contributed by atoms with E-state index in [1.165, 1.54) is 5.56 Å². The first-order valence-corrected chi connectivity index (χ1v) is 8.43. The van der Waals surface area contributed by atoms with E-state index in [-0.39, 0.29) is 12.3 Å². The Kier molecular flexibility index (Phi) is 6.16. The van der Waals surface area contributed by atoms with Gasteiger partial charge in [0.25, 0.3) is 0 Å². The zero-order chi connectivity index (χ0) is 17.7. The van der Waals surface area contributed by atoms with Crippen molar-refractivity contribution in [3.63, 3.8) is 0 Å². The van der Waals surface area contributed by atoms with Crippen molar-refractivity contribution in [2.24, 2.45) is 5.92 Å². The molecule has 0 fully saturated rings. The summed E-state index contributed by atoms with van der Waals surface area (Å²) >= 11 is 5.99. The number of carboxylic acid groups (broad SMARTS) is 1. The van der Waals surface area contributed by atoms with Crippen molar-refractivity contribution in [3.8, 4) is 0 Å². The Balaban J connectivity index is 2.12. The second-order valence-corrected chi connectivity index (χ2v) is 6.50. The standard InChI is InChI=1S/C20H22ClNO2/c1-3-15(12-19(23)24)20(22)16-6-4-14(5-7-16)11-17-8-9-18(21)10-13(17)2/h4-10,15,22H,3,11-12H2,1-2H3,(H,23,24). The van der Waals surface area contributed by atoms with Crippen molar-refractivity contribution < 1.29 is 9.90 Å². The molecule has 0 spiro atoms. The van der Waals surface area contributed by atoms with Crippen LogP contribution < -0.4 is 0 Å². The zero-order valence-electron chi connectivity index (χ0n) is 14.0. The van der Waals surface area contributed by atoms with Crippen LogP contribution in [0.25, 0.3) is 0 Å². The number of rotatable bonds is 7. The molecule has 1 atom stereocenters. The Morgan fingerprint density at radius 1 is 1.21 bits per heavy atom. The van der Waals surface area contributed by atoms with Gasteiger partial charge in [0.1, 0.15) is 0 Å². The summed E-state index contributed by atoms with van der Waals surface area (Å²) in [5, 5.41) is 17.9. The molecule has 2 rings (SSSR count). The van der Waals surface area contributed by atoms with Crippen molar-refractivity contribution in [1.29, 1.82) is 5.41 Å². The molecule has 126 valence electrons. The molecule has 2 aromatic carbocycles. The van der Waals surface area contributed by atoms with Gasteiger partial charge in [0.2, 0.25) is 0 Å². The largest absolute Gasteiger partial charge is 0.481 e. The third-order valence-electron chi connectivity index (χ3n) is 4.29. The molecule has 0 aliphatic rings. The van der Waals surface area contributed by atoms with E-state index in [0.29, 0.717) is 12.1 Å². The molecule has 0 amide bonds. The van der Waals surface area contributed by atoms with Gasteiger partial charge < -0.3 is 10.5 Å². The summed E-state index contributed by atoms with van der Waals surface area (Å²) in [5.74, 6) is -1.10. The Labute approximate surface area is 147 Å². The predicted molar refractivity (Wildman–Crippen MR) is 98.3 cm³/mol. The van der Waals surface area contributed by atoms with Crippen LogP contribution in [0.2, 0.25) is 5.02 Å². The maximum atomic E-state index is 10.9. The van der Waals surface area contributed by atoms with Crippen molar-refractivity contribution in [2.45, 2.75) is 33.1 Å². The van der Waals surface area contributed by atoms with E-state index in [0.717, 1.165) is 28.1 Å². The number of benzene rings is 2. The van der Waals surface area contributed by atoms with Crippen LogP contribution in [0.1, 0.15) is 42.0 Å². The number of nitrogens with one attached hydrogen (secondary N) is 1. The maximum absolute atomic E-state index is 10.9. The fourth-order valence-corrected chi connectivity index (χ4v) is 3.00. The molecule has 2 aromatic rings. The minimum absolute atomic E-state index is 0.00105. The molecule has 0 saturated carbocycles. The van der Waals surface area contributed by atoms with E-state index in [4.69, 9.17) is 22.1 Å². The van der Waals surface area contributed by atoms with Crippen LogP contribution in [0.3, 0.4) is 0 Å². The number of aliphatic carboxylic acids is 1. The molecule has 0 aliphatic carbocycles. The molecular formula is C20H22ClNO2. The Bertz CT molecular complexity index is 738. The number of halogens is 1. The van der Waals surface area contributed by atoms with E-state index in [1.54, 1.807) is 0 Å². The van der Waals surface area contributed by atoms with Gasteiger partial charge in [0.15, 0.2) is 0 Å². The highest BCUT2D eigenvalue weighted by Crippen LogP contribution is 2.20. The molecule has 0 bridgehead atoms. The number of carboxylic acids is 1. The monoisotopic (exact) mass is 343 g/mol. The quantitative estimate of drug-likeness (QED) is 0.686. The highest BCUT2D eigenvalue weighted by atomic mass is 35.5. The lowest BCUT2D eigenvalue weighted by Crippen LogP contribution is -2.18. The fraction of sp³-hybridized carbons (Fsp3) is 0.300. The van der Waals surface area contributed by atoms with Crippen LogP contribution in [0.5, 0.6) is 0 Å². The summed E-state index contributed by atoms with van der Waals surface area (Å²) in [5.41, 5.74) is 4.73. The minimum Gasteiger partial charge on any atom is -0.481 e. The normalized spacial score (nSPS) is 12.0. The molecule has 4 heteroatoms. The topological polar surface area (TPSA) is 61.1 Å². The highest BCUT2D eigenvalue weighted by molar-refractivity contribution is 6.30.